The molecule has 0 amide bonds. The summed E-state index contributed by atoms with van der Waals surface area (Å²) >= 11 is 0. The Morgan fingerprint density at radius 3 is 2.88 bits per heavy atom. The van der Waals surface area contributed by atoms with E-state index in [1.165, 1.54) is 0 Å². The maximum absolute atomic E-state index is 4.97. The number of hydrogen-bond acceptors (Lipinski definition) is 3. The van der Waals surface area contributed by atoms with Gasteiger partial charge in [-0.2, -0.15) is 0 Å². The summed E-state index contributed by atoms with van der Waals surface area (Å²) in [7, 11) is 3.69. The van der Waals surface area contributed by atoms with Crippen LogP contribution in [-0.4, -0.2) is 32.0 Å². The van der Waals surface area contributed by atoms with Gasteiger partial charge in [0.1, 0.15) is 6.23 Å². The van der Waals surface area contributed by atoms with Crippen LogP contribution in [-0.2, 0) is 4.74 Å². The third-order valence-electron chi connectivity index (χ3n) is 1.19. The highest BCUT2D eigenvalue weighted by atomic mass is 16.5. The first-order valence-corrected chi connectivity index (χ1v) is 2.64. The number of hydrogen-bond donors (Lipinski definition) is 1. The fourth-order valence-corrected chi connectivity index (χ4v) is 0.715. The lowest BCUT2D eigenvalue weighted by molar-refractivity contribution is 0.114. The minimum absolute atomic E-state index is 0.125. The molecule has 8 heavy (non-hydrogen) atoms. The van der Waals surface area contributed by atoms with Gasteiger partial charge >= 0.3 is 0 Å². The molecule has 1 unspecified atom stereocenters. The van der Waals surface area contributed by atoms with Gasteiger partial charge in [-0.05, 0) is 7.05 Å². The van der Waals surface area contributed by atoms with E-state index < -0.39 is 0 Å². The Kier molecular flexibility index (Phi) is 1.83. The average Bonchev–Trinajstić information content (AvgIpc) is 2.14. The van der Waals surface area contributed by atoms with Crippen molar-refractivity contribution < 1.29 is 4.74 Å². The van der Waals surface area contributed by atoms with E-state index in [9.17, 15) is 0 Å². The topological polar surface area (TPSA) is 24.5 Å². The average molecular weight is 115 g/mol. The molecule has 3 nitrogen and oxygen atoms in total. The number of likely N-dealkylation sites (N-methyl/N-ethyl adjacent to an activating group) is 1. The molecule has 1 fully saturated rings. The number of methoxy groups -OCH3 is 1. The van der Waals surface area contributed by atoms with Gasteiger partial charge in [-0.1, -0.05) is 0 Å². The van der Waals surface area contributed by atoms with Crippen molar-refractivity contribution >= 4 is 0 Å². The first-order chi connectivity index (χ1) is 3.83. The van der Waals surface area contributed by atoms with E-state index in [0.29, 0.717) is 0 Å². The Bertz CT molecular complexity index is 76.8. The van der Waals surface area contributed by atoms with Crippen molar-refractivity contribution in [2.24, 2.45) is 0 Å². The van der Waals surface area contributed by atoms with Gasteiger partial charge in [0.15, 0.2) is 0 Å². The van der Waals surface area contributed by atoms with Crippen LogP contribution in [0, 0.1) is 6.54 Å². The Balaban J connectivity index is 2.22. The van der Waals surface area contributed by atoms with Crippen LogP contribution in [0.3, 0.4) is 0 Å². The molecule has 47 valence electrons. The molecule has 1 saturated heterocycles. The molecule has 1 heterocycles. The molecule has 0 aromatic heterocycles. The molecular weight excluding hydrogens is 104 g/mol. The SMILES string of the molecule is COC1[CH]N(C)CN1. The van der Waals surface area contributed by atoms with E-state index in [0.717, 1.165) is 6.67 Å². The summed E-state index contributed by atoms with van der Waals surface area (Å²) in [6, 6.07) is 0. The maximum atomic E-state index is 4.97. The summed E-state index contributed by atoms with van der Waals surface area (Å²) in [5.74, 6) is 0. The van der Waals surface area contributed by atoms with Gasteiger partial charge in [0.25, 0.3) is 0 Å². The monoisotopic (exact) mass is 115 g/mol. The molecular formula is C5H11N2O. The van der Waals surface area contributed by atoms with Crippen LogP contribution in [0.25, 0.3) is 0 Å². The quantitative estimate of drug-likeness (QED) is 0.504. The lowest BCUT2D eigenvalue weighted by Crippen LogP contribution is -2.23. The summed E-state index contributed by atoms with van der Waals surface area (Å²) in [5, 5.41) is 3.10. The second kappa shape index (κ2) is 2.44. The van der Waals surface area contributed by atoms with Crippen LogP contribution in [0.4, 0.5) is 0 Å². The lowest BCUT2D eigenvalue weighted by Gasteiger charge is -2.04. The molecule has 1 rings (SSSR count). The van der Waals surface area contributed by atoms with Crippen molar-refractivity contribution in [2.75, 3.05) is 20.8 Å². The van der Waals surface area contributed by atoms with Crippen LogP contribution < -0.4 is 5.32 Å². The first kappa shape index (κ1) is 6.01. The molecule has 1 aliphatic heterocycles. The summed E-state index contributed by atoms with van der Waals surface area (Å²) in [6.07, 6.45) is 0.125. The number of ether oxygens (including phenoxy) is 1. The Morgan fingerprint density at radius 1 is 1.88 bits per heavy atom. The van der Waals surface area contributed by atoms with Crippen molar-refractivity contribution in [1.82, 2.24) is 10.2 Å². The molecule has 1 aliphatic rings. The molecule has 3 heteroatoms. The van der Waals surface area contributed by atoms with Crippen molar-refractivity contribution in [2.45, 2.75) is 6.23 Å². The van der Waals surface area contributed by atoms with Crippen LogP contribution in [0.15, 0.2) is 0 Å². The van der Waals surface area contributed by atoms with Crippen LogP contribution in [0.5, 0.6) is 0 Å². The molecule has 1 atom stereocenters. The molecule has 0 aliphatic carbocycles. The highest BCUT2D eigenvalue weighted by Crippen LogP contribution is 2.01. The van der Waals surface area contributed by atoms with Crippen LogP contribution in [0.1, 0.15) is 0 Å². The van der Waals surface area contributed by atoms with Crippen molar-refractivity contribution in [3.8, 4) is 0 Å². The van der Waals surface area contributed by atoms with Gasteiger partial charge in [-0.15, -0.1) is 0 Å². The van der Waals surface area contributed by atoms with E-state index in [4.69, 9.17) is 4.74 Å². The predicted octanol–water partition coefficient (Wildman–Crippen LogP) is -0.387. The molecule has 0 aromatic carbocycles. The van der Waals surface area contributed by atoms with Gasteiger partial charge in [0.05, 0.1) is 13.2 Å². The summed E-state index contributed by atoms with van der Waals surface area (Å²) in [6.45, 7) is 2.89. The van der Waals surface area contributed by atoms with Crippen molar-refractivity contribution in [1.29, 1.82) is 0 Å². The van der Waals surface area contributed by atoms with E-state index in [2.05, 4.69) is 5.32 Å². The minimum atomic E-state index is 0.125. The molecule has 1 N–H and O–H groups in total. The summed E-state index contributed by atoms with van der Waals surface area (Å²) in [4.78, 5) is 2.05. The first-order valence-electron chi connectivity index (χ1n) is 2.64. The lowest BCUT2D eigenvalue weighted by atomic mass is 10.6. The van der Waals surface area contributed by atoms with Crippen molar-refractivity contribution in [3.63, 3.8) is 0 Å². The fourth-order valence-electron chi connectivity index (χ4n) is 0.715. The second-order valence-electron chi connectivity index (χ2n) is 1.92. The van der Waals surface area contributed by atoms with E-state index >= 15 is 0 Å². The highest BCUT2D eigenvalue weighted by Gasteiger charge is 2.17. The van der Waals surface area contributed by atoms with Crippen LogP contribution in [0.2, 0.25) is 0 Å². The summed E-state index contributed by atoms with van der Waals surface area (Å²) < 4.78 is 4.97. The molecule has 0 saturated carbocycles. The largest absolute Gasteiger partial charge is 0.365 e. The maximum Gasteiger partial charge on any atom is 0.126 e. The number of nitrogens with zero attached hydrogens (tertiary/aromatic N) is 1. The highest BCUT2D eigenvalue weighted by molar-refractivity contribution is 4.79. The number of rotatable bonds is 1. The van der Waals surface area contributed by atoms with E-state index in [-0.39, 0.29) is 6.23 Å². The third kappa shape index (κ3) is 1.18. The van der Waals surface area contributed by atoms with Crippen molar-refractivity contribution in [3.05, 3.63) is 6.54 Å². The van der Waals surface area contributed by atoms with Crippen LogP contribution >= 0.6 is 0 Å². The Labute approximate surface area is 49.6 Å². The van der Waals surface area contributed by atoms with Gasteiger partial charge < -0.3 is 4.74 Å². The van der Waals surface area contributed by atoms with E-state index in [1.54, 1.807) is 7.11 Å². The van der Waals surface area contributed by atoms with E-state index in [1.807, 2.05) is 18.5 Å². The Morgan fingerprint density at radius 2 is 2.62 bits per heavy atom. The molecule has 1 radical (unpaired) electrons. The molecule has 0 aromatic rings. The molecule has 0 spiro atoms. The zero-order valence-electron chi connectivity index (χ0n) is 5.22. The zero-order valence-corrected chi connectivity index (χ0v) is 5.22. The number of nitrogens with one attached hydrogen (secondary N) is 1. The fraction of sp³-hybridized carbons (Fsp3) is 0.800. The van der Waals surface area contributed by atoms with Gasteiger partial charge in [0, 0.05) is 7.11 Å². The Hall–Kier alpha value is -0.120. The van der Waals surface area contributed by atoms with Gasteiger partial charge in [-0.3, -0.25) is 10.2 Å². The smallest absolute Gasteiger partial charge is 0.126 e. The zero-order chi connectivity index (χ0) is 5.98. The third-order valence-corrected chi connectivity index (χ3v) is 1.19. The standard InChI is InChI=1S/C5H11N2O/c1-7-3-5(8-2)6-4-7/h3,5-6H,4H2,1-2H3. The second-order valence-corrected chi connectivity index (χ2v) is 1.92. The molecule has 0 bridgehead atoms. The minimum Gasteiger partial charge on any atom is -0.365 e. The summed E-state index contributed by atoms with van der Waals surface area (Å²) in [5.41, 5.74) is 0. The van der Waals surface area contributed by atoms with Gasteiger partial charge in [0.2, 0.25) is 0 Å². The van der Waals surface area contributed by atoms with Gasteiger partial charge in [-0.25, -0.2) is 0 Å². The predicted molar refractivity (Wildman–Crippen MR) is 30.9 cm³/mol. The normalized spacial score (nSPS) is 31.5.